The number of nitrogens with one attached hydrogen (secondary N) is 1. The van der Waals surface area contributed by atoms with Crippen LogP contribution in [0.25, 0.3) is 0 Å². The summed E-state index contributed by atoms with van der Waals surface area (Å²) in [5, 5.41) is 4.60. The van der Waals surface area contributed by atoms with Gasteiger partial charge in [-0.05, 0) is 50.1 Å². The molecule has 3 unspecified atom stereocenters. The highest BCUT2D eigenvalue weighted by atomic mass is 32.2. The fraction of sp³-hybridized carbons (Fsp3) is 0.647. The SMILES string of the molecule is COCc1cc(C(C)NC2CCC(SC)C2)ccc1OC. The average Bonchev–Trinajstić information content (AvgIpc) is 2.95. The second-order valence-corrected chi connectivity index (χ2v) is 6.90. The van der Waals surface area contributed by atoms with Crippen molar-refractivity contribution in [3.63, 3.8) is 0 Å². The van der Waals surface area contributed by atoms with Gasteiger partial charge >= 0.3 is 0 Å². The van der Waals surface area contributed by atoms with E-state index in [9.17, 15) is 0 Å². The monoisotopic (exact) mass is 309 g/mol. The lowest BCUT2D eigenvalue weighted by Crippen LogP contribution is -2.29. The molecule has 0 heterocycles. The van der Waals surface area contributed by atoms with Crippen LogP contribution in [0.3, 0.4) is 0 Å². The Labute approximate surface area is 132 Å². The van der Waals surface area contributed by atoms with Crippen molar-refractivity contribution in [2.75, 3.05) is 20.5 Å². The lowest BCUT2D eigenvalue weighted by atomic mass is 10.0. The molecule has 0 bridgehead atoms. The van der Waals surface area contributed by atoms with Gasteiger partial charge in [-0.1, -0.05) is 6.07 Å². The highest BCUT2D eigenvalue weighted by molar-refractivity contribution is 7.99. The quantitative estimate of drug-likeness (QED) is 0.830. The van der Waals surface area contributed by atoms with E-state index in [-0.39, 0.29) is 0 Å². The first-order valence-electron chi connectivity index (χ1n) is 7.62. The maximum Gasteiger partial charge on any atom is 0.124 e. The van der Waals surface area contributed by atoms with Crippen LogP contribution in [-0.2, 0) is 11.3 Å². The van der Waals surface area contributed by atoms with Crippen molar-refractivity contribution in [2.24, 2.45) is 0 Å². The first-order valence-corrected chi connectivity index (χ1v) is 8.91. The molecule has 0 aliphatic heterocycles. The van der Waals surface area contributed by atoms with Gasteiger partial charge in [0.25, 0.3) is 0 Å². The van der Waals surface area contributed by atoms with E-state index < -0.39 is 0 Å². The van der Waals surface area contributed by atoms with Crippen molar-refractivity contribution in [3.8, 4) is 5.75 Å². The average molecular weight is 309 g/mol. The van der Waals surface area contributed by atoms with Crippen molar-refractivity contribution in [1.29, 1.82) is 0 Å². The van der Waals surface area contributed by atoms with Crippen LogP contribution in [0.1, 0.15) is 43.4 Å². The minimum Gasteiger partial charge on any atom is -0.496 e. The molecule has 3 atom stereocenters. The van der Waals surface area contributed by atoms with Crippen LogP contribution in [0.5, 0.6) is 5.75 Å². The van der Waals surface area contributed by atoms with Crippen LogP contribution >= 0.6 is 11.8 Å². The minimum absolute atomic E-state index is 0.358. The number of rotatable bonds is 7. The van der Waals surface area contributed by atoms with E-state index in [1.807, 2.05) is 17.8 Å². The third-order valence-corrected chi connectivity index (χ3v) is 5.40. The Morgan fingerprint density at radius 3 is 2.76 bits per heavy atom. The number of benzene rings is 1. The molecule has 0 saturated heterocycles. The Kier molecular flexibility index (Phi) is 6.40. The van der Waals surface area contributed by atoms with Gasteiger partial charge < -0.3 is 14.8 Å². The summed E-state index contributed by atoms with van der Waals surface area (Å²) < 4.78 is 10.7. The first kappa shape index (κ1) is 16.7. The van der Waals surface area contributed by atoms with Gasteiger partial charge in [-0.15, -0.1) is 0 Å². The van der Waals surface area contributed by atoms with Gasteiger partial charge in [-0.3, -0.25) is 0 Å². The smallest absolute Gasteiger partial charge is 0.124 e. The molecule has 1 aromatic rings. The topological polar surface area (TPSA) is 30.5 Å². The van der Waals surface area contributed by atoms with Crippen LogP contribution in [0.4, 0.5) is 0 Å². The number of thioether (sulfide) groups is 1. The van der Waals surface area contributed by atoms with Gasteiger partial charge in [0.2, 0.25) is 0 Å². The van der Waals surface area contributed by atoms with E-state index in [1.54, 1.807) is 14.2 Å². The Balaban J connectivity index is 2.01. The molecule has 1 saturated carbocycles. The van der Waals surface area contributed by atoms with Crippen LogP contribution in [-0.4, -0.2) is 31.8 Å². The number of hydrogen-bond donors (Lipinski definition) is 1. The third-order valence-electron chi connectivity index (χ3n) is 4.31. The molecule has 0 spiro atoms. The molecule has 3 nitrogen and oxygen atoms in total. The number of hydrogen-bond acceptors (Lipinski definition) is 4. The zero-order valence-corrected chi connectivity index (χ0v) is 14.3. The highest BCUT2D eigenvalue weighted by Gasteiger charge is 2.25. The lowest BCUT2D eigenvalue weighted by molar-refractivity contribution is 0.181. The standard InChI is InChI=1S/C17H27NO2S/c1-12(18-15-6-7-16(10-15)21-4)13-5-8-17(20-3)14(9-13)11-19-2/h5,8-9,12,15-16,18H,6-7,10-11H2,1-4H3. The molecular formula is C17H27NO2S. The van der Waals surface area contributed by atoms with E-state index in [4.69, 9.17) is 9.47 Å². The summed E-state index contributed by atoms with van der Waals surface area (Å²) in [5.41, 5.74) is 2.41. The molecule has 1 aromatic carbocycles. The van der Waals surface area contributed by atoms with Crippen LogP contribution < -0.4 is 10.1 Å². The number of methoxy groups -OCH3 is 2. The third kappa shape index (κ3) is 4.38. The van der Waals surface area contributed by atoms with E-state index in [0.717, 1.165) is 16.6 Å². The molecule has 2 rings (SSSR count). The lowest BCUT2D eigenvalue weighted by Gasteiger charge is -2.21. The molecule has 21 heavy (non-hydrogen) atoms. The molecule has 1 aliphatic rings. The maximum absolute atomic E-state index is 5.39. The summed E-state index contributed by atoms with van der Waals surface area (Å²) in [4.78, 5) is 0. The zero-order chi connectivity index (χ0) is 15.2. The van der Waals surface area contributed by atoms with Crippen molar-refractivity contribution in [1.82, 2.24) is 5.32 Å². The summed E-state index contributed by atoms with van der Waals surface area (Å²) in [6.07, 6.45) is 6.13. The molecule has 0 amide bonds. The van der Waals surface area contributed by atoms with Crippen LogP contribution in [0, 0.1) is 0 Å². The Hall–Kier alpha value is -0.710. The van der Waals surface area contributed by atoms with Gasteiger partial charge in [0.1, 0.15) is 5.75 Å². The Bertz CT molecular complexity index is 452. The molecule has 4 heteroatoms. The van der Waals surface area contributed by atoms with Crippen molar-refractivity contribution >= 4 is 11.8 Å². The largest absolute Gasteiger partial charge is 0.496 e. The second kappa shape index (κ2) is 8.06. The van der Waals surface area contributed by atoms with Gasteiger partial charge in [-0.2, -0.15) is 11.8 Å². The molecule has 1 fully saturated rings. The van der Waals surface area contributed by atoms with Crippen molar-refractivity contribution < 1.29 is 9.47 Å². The summed E-state index contributed by atoms with van der Waals surface area (Å²) in [5.74, 6) is 0.899. The summed E-state index contributed by atoms with van der Waals surface area (Å²) in [6.45, 7) is 2.83. The zero-order valence-electron chi connectivity index (χ0n) is 13.5. The van der Waals surface area contributed by atoms with E-state index in [1.165, 1.54) is 24.8 Å². The highest BCUT2D eigenvalue weighted by Crippen LogP contribution is 2.30. The van der Waals surface area contributed by atoms with Gasteiger partial charge in [0, 0.05) is 30.0 Å². The molecular weight excluding hydrogens is 282 g/mol. The van der Waals surface area contributed by atoms with Crippen molar-refractivity contribution in [3.05, 3.63) is 29.3 Å². The Morgan fingerprint density at radius 2 is 2.14 bits per heavy atom. The first-order chi connectivity index (χ1) is 10.2. The van der Waals surface area contributed by atoms with E-state index in [0.29, 0.717) is 18.7 Å². The second-order valence-electron chi connectivity index (χ2n) is 5.76. The predicted octanol–water partition coefficient (Wildman–Crippen LogP) is 3.78. The number of ether oxygens (including phenoxy) is 2. The van der Waals surface area contributed by atoms with Crippen LogP contribution in [0.15, 0.2) is 18.2 Å². The molecule has 118 valence electrons. The van der Waals surface area contributed by atoms with E-state index >= 15 is 0 Å². The molecule has 0 aromatic heterocycles. The van der Waals surface area contributed by atoms with Gasteiger partial charge in [-0.25, -0.2) is 0 Å². The normalized spacial score (nSPS) is 23.2. The van der Waals surface area contributed by atoms with Gasteiger partial charge in [0.05, 0.1) is 13.7 Å². The molecule has 1 aliphatic carbocycles. The Morgan fingerprint density at radius 1 is 1.33 bits per heavy atom. The summed E-state index contributed by atoms with van der Waals surface area (Å²) in [7, 11) is 3.42. The minimum atomic E-state index is 0.358. The van der Waals surface area contributed by atoms with Crippen LogP contribution in [0.2, 0.25) is 0 Å². The predicted molar refractivity (Wildman–Crippen MR) is 90.2 cm³/mol. The molecule has 0 radical (unpaired) electrons. The maximum atomic E-state index is 5.39. The van der Waals surface area contributed by atoms with E-state index in [2.05, 4.69) is 30.6 Å². The summed E-state index contributed by atoms with van der Waals surface area (Å²) in [6, 6.07) is 7.39. The fourth-order valence-corrected chi connectivity index (χ4v) is 3.89. The summed E-state index contributed by atoms with van der Waals surface area (Å²) >= 11 is 2.00. The fourth-order valence-electron chi connectivity index (χ4n) is 3.09. The van der Waals surface area contributed by atoms with Gasteiger partial charge in [0.15, 0.2) is 0 Å². The molecule has 1 N–H and O–H groups in total. The van der Waals surface area contributed by atoms with Crippen molar-refractivity contribution in [2.45, 2.75) is 50.1 Å².